The zero-order valence-electron chi connectivity index (χ0n) is 7.26. The van der Waals surface area contributed by atoms with Crippen molar-refractivity contribution in [2.45, 2.75) is 19.3 Å². The molecule has 0 radical (unpaired) electrons. The Kier molecular flexibility index (Phi) is 3.01. The average Bonchev–Trinajstić information content (AvgIpc) is 2.52. The first-order valence-electron chi connectivity index (χ1n) is 4.31. The number of aliphatic hydroxyl groups excluding tert-OH is 1. The summed E-state index contributed by atoms with van der Waals surface area (Å²) in [5.74, 6) is -3.54. The lowest BCUT2D eigenvalue weighted by Gasteiger charge is -2.20. The quantitative estimate of drug-likeness (QED) is 0.697. The fraction of sp³-hybridized carbons (Fsp3) is 1.00. The highest BCUT2D eigenvalue weighted by molar-refractivity contribution is 4.84. The zero-order valence-corrected chi connectivity index (χ0v) is 7.26. The van der Waals surface area contributed by atoms with Crippen LogP contribution in [0.5, 0.6) is 0 Å². The first kappa shape index (κ1) is 9.86. The first-order chi connectivity index (χ1) is 5.60. The van der Waals surface area contributed by atoms with Gasteiger partial charge in [0.15, 0.2) is 0 Å². The van der Waals surface area contributed by atoms with E-state index >= 15 is 0 Å². The van der Waals surface area contributed by atoms with E-state index in [0.717, 1.165) is 13.1 Å². The molecule has 1 heterocycles. The van der Waals surface area contributed by atoms with Crippen molar-refractivity contribution in [1.29, 1.82) is 0 Å². The Labute approximate surface area is 71.2 Å². The van der Waals surface area contributed by atoms with Crippen molar-refractivity contribution in [3.63, 3.8) is 0 Å². The third-order valence-corrected chi connectivity index (χ3v) is 2.53. The van der Waals surface area contributed by atoms with Crippen molar-refractivity contribution >= 4 is 0 Å². The molecule has 1 fully saturated rings. The number of rotatable bonds is 3. The third-order valence-electron chi connectivity index (χ3n) is 2.53. The summed E-state index contributed by atoms with van der Waals surface area (Å²) in [6.45, 7) is 2.91. The number of aliphatic hydroxyl groups is 1. The highest BCUT2D eigenvalue weighted by atomic mass is 19.3. The molecule has 0 spiro atoms. The normalized spacial score (nSPS) is 26.5. The average molecular weight is 179 g/mol. The largest absolute Gasteiger partial charge is 0.390 e. The van der Waals surface area contributed by atoms with E-state index in [1.54, 1.807) is 0 Å². The van der Waals surface area contributed by atoms with Gasteiger partial charge < -0.3 is 10.0 Å². The summed E-state index contributed by atoms with van der Waals surface area (Å²) in [7, 11) is 0. The summed E-state index contributed by atoms with van der Waals surface area (Å²) in [6, 6.07) is 0. The molecule has 0 saturated carbocycles. The van der Waals surface area contributed by atoms with Crippen molar-refractivity contribution in [1.82, 2.24) is 4.90 Å². The van der Waals surface area contributed by atoms with Gasteiger partial charge in [-0.3, -0.25) is 0 Å². The molecule has 12 heavy (non-hydrogen) atoms. The molecule has 1 N–H and O–H groups in total. The van der Waals surface area contributed by atoms with Crippen molar-refractivity contribution in [3.05, 3.63) is 0 Å². The second-order valence-electron chi connectivity index (χ2n) is 3.30. The summed E-state index contributed by atoms with van der Waals surface area (Å²) in [4.78, 5) is 1.98. The lowest BCUT2D eigenvalue weighted by Crippen LogP contribution is -2.34. The minimum Gasteiger partial charge on any atom is -0.390 e. The Morgan fingerprint density at radius 2 is 2.25 bits per heavy atom. The van der Waals surface area contributed by atoms with E-state index in [9.17, 15) is 8.78 Å². The molecular formula is C8H15F2NO. The molecule has 0 bridgehead atoms. The van der Waals surface area contributed by atoms with E-state index in [0.29, 0.717) is 13.0 Å². The van der Waals surface area contributed by atoms with Crippen LogP contribution < -0.4 is 0 Å². The van der Waals surface area contributed by atoms with Gasteiger partial charge in [-0.15, -0.1) is 0 Å². The Hall–Kier alpha value is -0.220. The number of hydrogen-bond donors (Lipinski definition) is 1. The maximum Gasteiger partial charge on any atom is 0.274 e. The summed E-state index contributed by atoms with van der Waals surface area (Å²) in [5, 5.41) is 8.44. The van der Waals surface area contributed by atoms with Crippen LogP contribution in [0.2, 0.25) is 0 Å². The van der Waals surface area contributed by atoms with Crippen LogP contribution in [0.25, 0.3) is 0 Å². The second kappa shape index (κ2) is 3.66. The van der Waals surface area contributed by atoms with Gasteiger partial charge in [-0.1, -0.05) is 6.92 Å². The molecule has 0 aromatic heterocycles. The predicted octanol–water partition coefficient (Wildman–Crippen LogP) is 0.956. The molecule has 0 aromatic carbocycles. The number of halogens is 2. The van der Waals surface area contributed by atoms with Gasteiger partial charge in [-0.2, -0.15) is 0 Å². The Bertz CT molecular complexity index is 152. The Morgan fingerprint density at radius 1 is 1.58 bits per heavy atom. The maximum absolute atomic E-state index is 12.9. The molecule has 1 aliphatic heterocycles. The molecule has 0 amide bonds. The van der Waals surface area contributed by atoms with Crippen LogP contribution in [-0.4, -0.2) is 42.2 Å². The molecule has 1 atom stereocenters. The zero-order chi connectivity index (χ0) is 9.19. The van der Waals surface area contributed by atoms with Crippen LogP contribution in [0.3, 0.4) is 0 Å². The lowest BCUT2D eigenvalue weighted by molar-refractivity contribution is -0.0936. The molecule has 1 aliphatic rings. The molecule has 4 heteroatoms. The molecule has 1 unspecified atom stereocenters. The van der Waals surface area contributed by atoms with Crippen molar-refractivity contribution in [3.8, 4) is 0 Å². The fourth-order valence-electron chi connectivity index (χ4n) is 1.59. The third kappa shape index (κ3) is 1.93. The van der Waals surface area contributed by atoms with Gasteiger partial charge in [0.25, 0.3) is 5.92 Å². The number of alkyl halides is 2. The number of nitrogens with zero attached hydrogens (tertiary/aromatic N) is 1. The van der Waals surface area contributed by atoms with Crippen molar-refractivity contribution < 1.29 is 13.9 Å². The highest BCUT2D eigenvalue weighted by Gasteiger charge is 2.42. The molecule has 0 aromatic rings. The molecule has 0 aliphatic carbocycles. The van der Waals surface area contributed by atoms with Gasteiger partial charge in [0.05, 0.1) is 0 Å². The van der Waals surface area contributed by atoms with Gasteiger partial charge >= 0.3 is 0 Å². The first-order valence-corrected chi connectivity index (χ1v) is 4.31. The standard InChI is InChI=1S/C8H15F2NO/c1-2-11-4-3-7(5-11)8(9,10)6-12/h7,12H,2-6H2,1H3. The number of hydrogen-bond acceptors (Lipinski definition) is 2. The van der Waals surface area contributed by atoms with Gasteiger partial charge in [0.1, 0.15) is 6.61 Å². The molecular weight excluding hydrogens is 164 g/mol. The van der Waals surface area contributed by atoms with Gasteiger partial charge in [0.2, 0.25) is 0 Å². The summed E-state index contributed by atoms with van der Waals surface area (Å²) in [5.41, 5.74) is 0. The summed E-state index contributed by atoms with van der Waals surface area (Å²) < 4.78 is 25.8. The van der Waals surface area contributed by atoms with Crippen LogP contribution in [0.15, 0.2) is 0 Å². The van der Waals surface area contributed by atoms with E-state index < -0.39 is 18.4 Å². The van der Waals surface area contributed by atoms with E-state index in [1.165, 1.54) is 0 Å². The lowest BCUT2D eigenvalue weighted by atomic mass is 10.0. The van der Waals surface area contributed by atoms with Crippen LogP contribution in [0, 0.1) is 5.92 Å². The molecule has 2 nitrogen and oxygen atoms in total. The van der Waals surface area contributed by atoms with Crippen LogP contribution in [-0.2, 0) is 0 Å². The van der Waals surface area contributed by atoms with E-state index in [2.05, 4.69) is 0 Å². The Balaban J connectivity index is 2.46. The highest BCUT2D eigenvalue weighted by Crippen LogP contribution is 2.31. The summed E-state index contributed by atoms with van der Waals surface area (Å²) >= 11 is 0. The number of likely N-dealkylation sites (tertiary alicyclic amines) is 1. The minimum absolute atomic E-state index is 0.421. The van der Waals surface area contributed by atoms with E-state index in [4.69, 9.17) is 5.11 Å². The van der Waals surface area contributed by atoms with Gasteiger partial charge in [-0.25, -0.2) is 8.78 Å². The maximum atomic E-state index is 12.9. The second-order valence-corrected chi connectivity index (χ2v) is 3.30. The van der Waals surface area contributed by atoms with Gasteiger partial charge in [-0.05, 0) is 19.5 Å². The van der Waals surface area contributed by atoms with Crippen LogP contribution >= 0.6 is 0 Å². The van der Waals surface area contributed by atoms with Crippen molar-refractivity contribution in [2.24, 2.45) is 5.92 Å². The monoisotopic (exact) mass is 179 g/mol. The molecule has 1 saturated heterocycles. The topological polar surface area (TPSA) is 23.5 Å². The predicted molar refractivity (Wildman–Crippen MR) is 42.3 cm³/mol. The van der Waals surface area contributed by atoms with E-state index in [1.807, 2.05) is 11.8 Å². The molecule has 1 rings (SSSR count). The molecule has 72 valence electrons. The van der Waals surface area contributed by atoms with Crippen molar-refractivity contribution in [2.75, 3.05) is 26.2 Å². The Morgan fingerprint density at radius 3 is 2.67 bits per heavy atom. The smallest absolute Gasteiger partial charge is 0.274 e. The van der Waals surface area contributed by atoms with Gasteiger partial charge in [0, 0.05) is 12.5 Å². The van der Waals surface area contributed by atoms with Crippen LogP contribution in [0.1, 0.15) is 13.3 Å². The SMILES string of the molecule is CCN1CCC(C(F)(F)CO)C1. The fourth-order valence-corrected chi connectivity index (χ4v) is 1.59. The summed E-state index contributed by atoms with van der Waals surface area (Å²) in [6.07, 6.45) is 0.501. The minimum atomic E-state index is -2.88. The van der Waals surface area contributed by atoms with E-state index in [-0.39, 0.29) is 0 Å². The van der Waals surface area contributed by atoms with Crippen LogP contribution in [0.4, 0.5) is 8.78 Å².